The molecule has 1 fully saturated rings. The van der Waals surface area contributed by atoms with Crippen LogP contribution in [0.5, 0.6) is 0 Å². The van der Waals surface area contributed by atoms with E-state index in [4.69, 9.17) is 5.73 Å². The van der Waals surface area contributed by atoms with E-state index in [0.29, 0.717) is 13.0 Å². The molecule has 0 bridgehead atoms. The summed E-state index contributed by atoms with van der Waals surface area (Å²) in [5.74, 6) is -0.787. The molecule has 5 N–H and O–H groups in total. The maximum absolute atomic E-state index is 12.5. The Bertz CT molecular complexity index is 543. The lowest BCUT2D eigenvalue weighted by molar-refractivity contribution is -0.139. The standard InChI is InChI=1S/C12H17N5O3/c13-11(19)10-1-6(18)4-17(10)12(20)8-2-7-9(3-14-8)16-5-15-7/h5-6,8,10,14,18H,1-4H2,(H2,13,19)(H,15,16). The second-order valence-corrected chi connectivity index (χ2v) is 5.26. The molecule has 1 saturated heterocycles. The summed E-state index contributed by atoms with van der Waals surface area (Å²) in [5.41, 5.74) is 7.13. The van der Waals surface area contributed by atoms with Gasteiger partial charge in [0.1, 0.15) is 6.04 Å². The summed E-state index contributed by atoms with van der Waals surface area (Å²) in [5, 5.41) is 12.8. The molecule has 2 aliphatic rings. The van der Waals surface area contributed by atoms with Gasteiger partial charge in [0.2, 0.25) is 11.8 Å². The number of H-pyrrole nitrogens is 1. The number of amides is 2. The molecule has 0 aliphatic carbocycles. The summed E-state index contributed by atoms with van der Waals surface area (Å²) in [6.07, 6.45) is 1.59. The van der Waals surface area contributed by atoms with Crippen LogP contribution in [0, 0.1) is 0 Å². The van der Waals surface area contributed by atoms with Crippen molar-refractivity contribution in [2.24, 2.45) is 5.73 Å². The Labute approximate surface area is 115 Å². The molecule has 1 aromatic heterocycles. The van der Waals surface area contributed by atoms with Gasteiger partial charge in [-0.3, -0.25) is 14.9 Å². The van der Waals surface area contributed by atoms with E-state index >= 15 is 0 Å². The zero-order valence-electron chi connectivity index (χ0n) is 10.9. The number of aliphatic hydroxyl groups excluding tert-OH is 1. The molecule has 3 rings (SSSR count). The summed E-state index contributed by atoms with van der Waals surface area (Å²) >= 11 is 0. The number of nitrogens with two attached hydrogens (primary N) is 1. The third kappa shape index (κ3) is 2.16. The first-order chi connectivity index (χ1) is 9.56. The van der Waals surface area contributed by atoms with Crippen molar-refractivity contribution >= 4 is 11.8 Å². The first kappa shape index (κ1) is 13.1. The number of hydrogen-bond acceptors (Lipinski definition) is 5. The zero-order chi connectivity index (χ0) is 14.3. The van der Waals surface area contributed by atoms with Crippen molar-refractivity contribution in [3.8, 4) is 0 Å². The predicted octanol–water partition coefficient (Wildman–Crippen LogP) is -2.13. The lowest BCUT2D eigenvalue weighted by Gasteiger charge is -2.29. The van der Waals surface area contributed by atoms with E-state index in [-0.39, 0.29) is 18.9 Å². The molecule has 0 saturated carbocycles. The Morgan fingerprint density at radius 1 is 1.50 bits per heavy atom. The van der Waals surface area contributed by atoms with E-state index in [1.807, 2.05) is 0 Å². The second-order valence-electron chi connectivity index (χ2n) is 5.26. The van der Waals surface area contributed by atoms with Gasteiger partial charge in [-0.1, -0.05) is 0 Å². The number of hydrogen-bond donors (Lipinski definition) is 4. The van der Waals surface area contributed by atoms with Crippen molar-refractivity contribution in [3.05, 3.63) is 17.7 Å². The molecule has 3 atom stereocenters. The van der Waals surface area contributed by atoms with E-state index in [1.165, 1.54) is 4.90 Å². The fraction of sp³-hybridized carbons (Fsp3) is 0.583. The van der Waals surface area contributed by atoms with Gasteiger partial charge in [0, 0.05) is 25.9 Å². The molecule has 8 nitrogen and oxygen atoms in total. The maximum atomic E-state index is 12.5. The number of aromatic nitrogens is 2. The third-order valence-electron chi connectivity index (χ3n) is 3.92. The number of carbonyl (C=O) groups is 2. The molecule has 0 spiro atoms. The van der Waals surface area contributed by atoms with Crippen LogP contribution in [0.2, 0.25) is 0 Å². The van der Waals surface area contributed by atoms with Crippen molar-refractivity contribution in [1.29, 1.82) is 0 Å². The van der Waals surface area contributed by atoms with Crippen molar-refractivity contribution in [2.45, 2.75) is 37.6 Å². The number of rotatable bonds is 2. The molecular weight excluding hydrogens is 262 g/mol. The Morgan fingerprint density at radius 2 is 2.30 bits per heavy atom. The average Bonchev–Trinajstić information content (AvgIpc) is 3.02. The van der Waals surface area contributed by atoms with Crippen molar-refractivity contribution in [2.75, 3.05) is 6.54 Å². The summed E-state index contributed by atoms with van der Waals surface area (Å²) in [6.45, 7) is 0.682. The van der Waals surface area contributed by atoms with Gasteiger partial charge >= 0.3 is 0 Å². The summed E-state index contributed by atoms with van der Waals surface area (Å²) in [7, 11) is 0. The van der Waals surface area contributed by atoms with Crippen LogP contribution in [-0.4, -0.2) is 56.5 Å². The number of β-amino-alcohol motifs (C(OH)–C–C–N with tert-alkyl or cyclic N) is 1. The molecule has 20 heavy (non-hydrogen) atoms. The highest BCUT2D eigenvalue weighted by molar-refractivity contribution is 5.90. The monoisotopic (exact) mass is 279 g/mol. The molecule has 3 unspecified atom stereocenters. The van der Waals surface area contributed by atoms with Gasteiger partial charge in [0.15, 0.2) is 0 Å². The third-order valence-corrected chi connectivity index (χ3v) is 3.92. The lowest BCUT2D eigenvalue weighted by atomic mass is 10.0. The van der Waals surface area contributed by atoms with Gasteiger partial charge in [0.25, 0.3) is 0 Å². The van der Waals surface area contributed by atoms with Gasteiger partial charge in [-0.2, -0.15) is 0 Å². The van der Waals surface area contributed by atoms with E-state index < -0.39 is 24.1 Å². The van der Waals surface area contributed by atoms with Gasteiger partial charge in [-0.05, 0) is 0 Å². The van der Waals surface area contributed by atoms with Gasteiger partial charge < -0.3 is 20.7 Å². The fourth-order valence-corrected chi connectivity index (χ4v) is 2.87. The molecule has 3 heterocycles. The van der Waals surface area contributed by atoms with Crippen LogP contribution >= 0.6 is 0 Å². The Morgan fingerprint density at radius 3 is 3.05 bits per heavy atom. The minimum Gasteiger partial charge on any atom is -0.391 e. The normalized spacial score (nSPS) is 29.2. The summed E-state index contributed by atoms with van der Waals surface area (Å²) in [4.78, 5) is 32.4. The number of imidazole rings is 1. The van der Waals surface area contributed by atoms with Gasteiger partial charge in [-0.15, -0.1) is 0 Å². The van der Waals surface area contributed by atoms with E-state index in [1.54, 1.807) is 6.33 Å². The average molecular weight is 279 g/mol. The summed E-state index contributed by atoms with van der Waals surface area (Å²) < 4.78 is 0. The van der Waals surface area contributed by atoms with Crippen LogP contribution in [0.4, 0.5) is 0 Å². The van der Waals surface area contributed by atoms with Crippen LogP contribution in [0.3, 0.4) is 0 Å². The number of fused-ring (bicyclic) bond motifs is 1. The SMILES string of the molecule is NC(=O)C1CC(O)CN1C(=O)C1Cc2nc[nH]c2CN1. The van der Waals surface area contributed by atoms with E-state index in [2.05, 4.69) is 15.3 Å². The number of primary amides is 1. The fourth-order valence-electron chi connectivity index (χ4n) is 2.87. The first-order valence-corrected chi connectivity index (χ1v) is 6.58. The predicted molar refractivity (Wildman–Crippen MR) is 68.2 cm³/mol. The Balaban J connectivity index is 1.74. The second kappa shape index (κ2) is 4.88. The quantitative estimate of drug-likeness (QED) is 0.492. The first-order valence-electron chi connectivity index (χ1n) is 6.58. The van der Waals surface area contributed by atoms with Crippen molar-refractivity contribution in [1.82, 2.24) is 20.2 Å². The minimum absolute atomic E-state index is 0.151. The zero-order valence-corrected chi connectivity index (χ0v) is 10.9. The van der Waals surface area contributed by atoms with Crippen molar-refractivity contribution < 1.29 is 14.7 Å². The number of carbonyl (C=O) groups excluding carboxylic acids is 2. The highest BCUT2D eigenvalue weighted by atomic mass is 16.3. The maximum Gasteiger partial charge on any atom is 0.240 e. The highest BCUT2D eigenvalue weighted by Gasteiger charge is 2.41. The molecule has 8 heteroatoms. The smallest absolute Gasteiger partial charge is 0.240 e. The minimum atomic E-state index is -0.722. The molecule has 2 aliphatic heterocycles. The molecule has 0 radical (unpaired) electrons. The summed E-state index contributed by atoms with van der Waals surface area (Å²) in [6, 6.07) is -1.15. The van der Waals surface area contributed by atoms with Crippen LogP contribution in [0.25, 0.3) is 0 Å². The molecular formula is C12H17N5O3. The lowest BCUT2D eigenvalue weighted by Crippen LogP contribution is -2.53. The highest BCUT2D eigenvalue weighted by Crippen LogP contribution is 2.21. The van der Waals surface area contributed by atoms with Gasteiger partial charge in [-0.25, -0.2) is 4.98 Å². The molecule has 0 aromatic carbocycles. The van der Waals surface area contributed by atoms with Crippen LogP contribution < -0.4 is 11.1 Å². The van der Waals surface area contributed by atoms with E-state index in [9.17, 15) is 14.7 Å². The number of aromatic amines is 1. The van der Waals surface area contributed by atoms with Crippen LogP contribution in [0.15, 0.2) is 6.33 Å². The Kier molecular flexibility index (Phi) is 3.19. The molecule has 1 aromatic rings. The topological polar surface area (TPSA) is 124 Å². The molecule has 108 valence electrons. The number of likely N-dealkylation sites (tertiary alicyclic amines) is 1. The number of aliphatic hydroxyl groups is 1. The van der Waals surface area contributed by atoms with Crippen LogP contribution in [-0.2, 0) is 22.6 Å². The number of nitrogens with one attached hydrogen (secondary N) is 2. The van der Waals surface area contributed by atoms with E-state index in [0.717, 1.165) is 11.4 Å². The van der Waals surface area contributed by atoms with Gasteiger partial charge in [0.05, 0.1) is 29.9 Å². The van der Waals surface area contributed by atoms with Crippen molar-refractivity contribution in [3.63, 3.8) is 0 Å². The largest absolute Gasteiger partial charge is 0.391 e. The molecule has 2 amide bonds. The number of nitrogens with zero attached hydrogens (tertiary/aromatic N) is 2. The van der Waals surface area contributed by atoms with Crippen LogP contribution in [0.1, 0.15) is 17.8 Å². The Hall–Kier alpha value is -1.93.